The topological polar surface area (TPSA) is 80.4 Å². The van der Waals surface area contributed by atoms with Crippen molar-refractivity contribution in [2.45, 2.75) is 13.0 Å². The second-order valence-electron chi connectivity index (χ2n) is 6.00. The SMILES string of the molecule is COc1cc2cc(CNC(=O)Cc3ccc(F)cc3)c(=O)[nH]c2cc1OC. The zero-order valence-corrected chi connectivity index (χ0v) is 15.0. The van der Waals surface area contributed by atoms with Crippen LogP contribution in [-0.2, 0) is 17.8 Å². The molecule has 0 aliphatic heterocycles. The van der Waals surface area contributed by atoms with Gasteiger partial charge in [-0.15, -0.1) is 0 Å². The summed E-state index contributed by atoms with van der Waals surface area (Å²) >= 11 is 0. The van der Waals surface area contributed by atoms with Gasteiger partial charge in [-0.2, -0.15) is 0 Å². The quantitative estimate of drug-likeness (QED) is 0.699. The van der Waals surface area contributed by atoms with E-state index in [4.69, 9.17) is 9.47 Å². The van der Waals surface area contributed by atoms with Crippen LogP contribution < -0.4 is 20.3 Å². The fourth-order valence-electron chi connectivity index (χ4n) is 2.75. The maximum absolute atomic E-state index is 12.9. The molecule has 0 bridgehead atoms. The normalized spacial score (nSPS) is 10.6. The highest BCUT2D eigenvalue weighted by Crippen LogP contribution is 2.30. The minimum atomic E-state index is -0.353. The van der Waals surface area contributed by atoms with Crippen molar-refractivity contribution in [3.63, 3.8) is 0 Å². The Labute approximate surface area is 154 Å². The average Bonchev–Trinajstić information content (AvgIpc) is 2.67. The van der Waals surface area contributed by atoms with Gasteiger partial charge in [-0.1, -0.05) is 12.1 Å². The molecule has 0 radical (unpaired) electrons. The Bertz CT molecular complexity index is 1030. The number of H-pyrrole nitrogens is 1. The molecular formula is C20H19FN2O4. The van der Waals surface area contributed by atoms with E-state index in [9.17, 15) is 14.0 Å². The van der Waals surface area contributed by atoms with E-state index >= 15 is 0 Å². The molecule has 7 heteroatoms. The number of amides is 1. The smallest absolute Gasteiger partial charge is 0.253 e. The van der Waals surface area contributed by atoms with Gasteiger partial charge in [0, 0.05) is 23.6 Å². The van der Waals surface area contributed by atoms with Crippen LogP contribution in [0.25, 0.3) is 10.9 Å². The summed E-state index contributed by atoms with van der Waals surface area (Å²) in [6, 6.07) is 10.9. The Kier molecular flexibility index (Phi) is 5.40. The fraction of sp³-hybridized carbons (Fsp3) is 0.200. The lowest BCUT2D eigenvalue weighted by Crippen LogP contribution is -2.28. The first kappa shape index (κ1) is 18.4. The van der Waals surface area contributed by atoms with Gasteiger partial charge in [-0.05, 0) is 29.8 Å². The zero-order chi connectivity index (χ0) is 19.4. The first-order valence-electron chi connectivity index (χ1n) is 8.29. The van der Waals surface area contributed by atoms with Gasteiger partial charge in [0.25, 0.3) is 5.56 Å². The molecule has 3 aromatic rings. The highest BCUT2D eigenvalue weighted by Gasteiger charge is 2.10. The second kappa shape index (κ2) is 7.90. The number of rotatable bonds is 6. The van der Waals surface area contributed by atoms with Gasteiger partial charge in [0.05, 0.1) is 26.2 Å². The van der Waals surface area contributed by atoms with Crippen molar-refractivity contribution in [3.05, 3.63) is 69.8 Å². The molecule has 1 amide bonds. The molecule has 0 atom stereocenters. The number of benzene rings is 2. The van der Waals surface area contributed by atoms with Gasteiger partial charge in [-0.25, -0.2) is 4.39 Å². The lowest BCUT2D eigenvalue weighted by Gasteiger charge is -2.10. The number of hydrogen-bond acceptors (Lipinski definition) is 4. The number of aromatic nitrogens is 1. The number of fused-ring (bicyclic) bond motifs is 1. The number of hydrogen-bond donors (Lipinski definition) is 2. The molecule has 0 spiro atoms. The summed E-state index contributed by atoms with van der Waals surface area (Å²) in [5, 5.41) is 3.47. The summed E-state index contributed by atoms with van der Waals surface area (Å²) in [5.41, 5.74) is 1.43. The Morgan fingerprint density at radius 1 is 1.07 bits per heavy atom. The van der Waals surface area contributed by atoms with Gasteiger partial charge in [0.15, 0.2) is 11.5 Å². The molecule has 27 heavy (non-hydrogen) atoms. The Balaban J connectivity index is 1.76. The molecular weight excluding hydrogens is 351 g/mol. The number of methoxy groups -OCH3 is 2. The number of nitrogens with one attached hydrogen (secondary N) is 2. The van der Waals surface area contributed by atoms with E-state index in [0.717, 1.165) is 5.39 Å². The summed E-state index contributed by atoms with van der Waals surface area (Å²) < 4.78 is 23.4. The molecule has 0 saturated carbocycles. The third-order valence-electron chi connectivity index (χ3n) is 4.18. The monoisotopic (exact) mass is 370 g/mol. The average molecular weight is 370 g/mol. The molecule has 0 fully saturated rings. The van der Waals surface area contributed by atoms with Gasteiger partial charge in [0.2, 0.25) is 5.91 Å². The number of carbonyl (C=O) groups is 1. The molecule has 6 nitrogen and oxygen atoms in total. The highest BCUT2D eigenvalue weighted by molar-refractivity contribution is 5.83. The molecule has 2 N–H and O–H groups in total. The van der Waals surface area contributed by atoms with Crippen LogP contribution in [0, 0.1) is 5.82 Å². The van der Waals surface area contributed by atoms with Crippen molar-refractivity contribution in [2.75, 3.05) is 14.2 Å². The molecule has 140 valence electrons. The number of aromatic amines is 1. The van der Waals surface area contributed by atoms with Gasteiger partial charge in [0.1, 0.15) is 5.82 Å². The van der Waals surface area contributed by atoms with Crippen LogP contribution in [0.3, 0.4) is 0 Å². The van der Waals surface area contributed by atoms with E-state index in [-0.39, 0.29) is 30.2 Å². The van der Waals surface area contributed by atoms with E-state index < -0.39 is 0 Å². The first-order valence-corrected chi connectivity index (χ1v) is 8.29. The van der Waals surface area contributed by atoms with E-state index in [1.807, 2.05) is 0 Å². The molecule has 0 aliphatic carbocycles. The minimum absolute atomic E-state index is 0.0830. The van der Waals surface area contributed by atoms with Crippen molar-refractivity contribution < 1.29 is 18.7 Å². The van der Waals surface area contributed by atoms with Crippen LogP contribution in [0.15, 0.2) is 47.3 Å². The molecule has 0 unspecified atom stereocenters. The van der Waals surface area contributed by atoms with Gasteiger partial charge < -0.3 is 19.8 Å². The van der Waals surface area contributed by atoms with Crippen LogP contribution in [0.5, 0.6) is 11.5 Å². The minimum Gasteiger partial charge on any atom is -0.493 e. The predicted octanol–water partition coefficient (Wildman–Crippen LogP) is 2.54. The summed E-state index contributed by atoms with van der Waals surface area (Å²) in [5.74, 6) is 0.451. The first-order chi connectivity index (χ1) is 13.0. The van der Waals surface area contributed by atoms with Crippen LogP contribution in [-0.4, -0.2) is 25.1 Å². The van der Waals surface area contributed by atoms with E-state index in [1.54, 1.807) is 30.3 Å². The second-order valence-corrected chi connectivity index (χ2v) is 6.00. The molecule has 1 aromatic heterocycles. The highest BCUT2D eigenvalue weighted by atomic mass is 19.1. The van der Waals surface area contributed by atoms with Crippen LogP contribution in [0.1, 0.15) is 11.1 Å². The standard InChI is InChI=1S/C20H19FN2O4/c1-26-17-9-13-8-14(20(25)23-16(13)10-18(17)27-2)11-22-19(24)7-12-3-5-15(21)6-4-12/h3-6,8-10H,7,11H2,1-2H3,(H,22,24)(H,23,25). The Hall–Kier alpha value is -3.35. The maximum atomic E-state index is 12.9. The number of halogens is 1. The predicted molar refractivity (Wildman–Crippen MR) is 99.6 cm³/mol. The van der Waals surface area contributed by atoms with Crippen LogP contribution >= 0.6 is 0 Å². The summed E-state index contributed by atoms with van der Waals surface area (Å²) in [6.45, 7) is 0.0830. The molecule has 2 aromatic carbocycles. The number of carbonyl (C=O) groups excluding carboxylic acids is 1. The summed E-state index contributed by atoms with van der Waals surface area (Å²) in [4.78, 5) is 27.1. The number of pyridine rings is 1. The van der Waals surface area contributed by atoms with Crippen LogP contribution in [0.4, 0.5) is 4.39 Å². The fourth-order valence-corrected chi connectivity index (χ4v) is 2.75. The van der Waals surface area contributed by atoms with Crippen molar-refractivity contribution in [2.24, 2.45) is 0 Å². The third kappa shape index (κ3) is 4.25. The van der Waals surface area contributed by atoms with Crippen molar-refractivity contribution in [1.82, 2.24) is 10.3 Å². The number of ether oxygens (including phenoxy) is 2. The molecule has 3 rings (SSSR count). The lowest BCUT2D eigenvalue weighted by molar-refractivity contribution is -0.120. The Morgan fingerprint density at radius 2 is 1.74 bits per heavy atom. The molecule has 1 heterocycles. The maximum Gasteiger partial charge on any atom is 0.253 e. The van der Waals surface area contributed by atoms with Crippen molar-refractivity contribution in [1.29, 1.82) is 0 Å². The lowest BCUT2D eigenvalue weighted by atomic mass is 10.1. The molecule has 0 aliphatic rings. The summed E-state index contributed by atoms with van der Waals surface area (Å²) in [6.07, 6.45) is 0.108. The summed E-state index contributed by atoms with van der Waals surface area (Å²) in [7, 11) is 3.05. The van der Waals surface area contributed by atoms with Crippen LogP contribution in [0.2, 0.25) is 0 Å². The van der Waals surface area contributed by atoms with E-state index in [0.29, 0.717) is 28.1 Å². The molecule has 0 saturated heterocycles. The Morgan fingerprint density at radius 3 is 2.41 bits per heavy atom. The van der Waals surface area contributed by atoms with Gasteiger partial charge >= 0.3 is 0 Å². The zero-order valence-electron chi connectivity index (χ0n) is 15.0. The third-order valence-corrected chi connectivity index (χ3v) is 4.18. The van der Waals surface area contributed by atoms with Crippen molar-refractivity contribution in [3.8, 4) is 11.5 Å². The van der Waals surface area contributed by atoms with Crippen molar-refractivity contribution >= 4 is 16.8 Å². The van der Waals surface area contributed by atoms with E-state index in [1.165, 1.54) is 26.4 Å². The largest absolute Gasteiger partial charge is 0.493 e. The van der Waals surface area contributed by atoms with E-state index in [2.05, 4.69) is 10.3 Å². The van der Waals surface area contributed by atoms with Gasteiger partial charge in [-0.3, -0.25) is 9.59 Å².